The van der Waals surface area contributed by atoms with Crippen molar-refractivity contribution in [2.45, 2.75) is 25.9 Å². The molecule has 0 bridgehead atoms. The molecule has 0 unspecified atom stereocenters. The predicted molar refractivity (Wildman–Crippen MR) is 59.0 cm³/mol. The van der Waals surface area contributed by atoms with Gasteiger partial charge in [0.25, 0.3) is 0 Å². The zero-order valence-electron chi connectivity index (χ0n) is 8.60. The number of fused-ring (bicyclic) bond motifs is 1. The van der Waals surface area contributed by atoms with Crippen molar-refractivity contribution in [2.75, 3.05) is 5.32 Å². The lowest BCUT2D eigenvalue weighted by Gasteiger charge is -2.19. The van der Waals surface area contributed by atoms with E-state index in [9.17, 15) is 9.90 Å². The average Bonchev–Trinajstić information content (AvgIpc) is 2.44. The molecule has 0 spiro atoms. The number of hydrogen-bond acceptors (Lipinski definition) is 2. The molecule has 1 heterocycles. The van der Waals surface area contributed by atoms with Crippen molar-refractivity contribution in [1.82, 2.24) is 0 Å². The summed E-state index contributed by atoms with van der Waals surface area (Å²) in [6, 6.07) is 3.51. The van der Waals surface area contributed by atoms with Crippen LogP contribution in [0.25, 0.3) is 0 Å². The maximum Gasteiger partial charge on any atom is 0.228 e. The summed E-state index contributed by atoms with van der Waals surface area (Å²) in [4.78, 5) is 11.2. The largest absolute Gasteiger partial charge is 0.386 e. The number of nitrogens with one attached hydrogen (secondary N) is 1. The summed E-state index contributed by atoms with van der Waals surface area (Å²) in [7, 11) is 0. The van der Waals surface area contributed by atoms with Crippen molar-refractivity contribution in [3.63, 3.8) is 0 Å². The van der Waals surface area contributed by atoms with Gasteiger partial charge in [-0.15, -0.1) is 0 Å². The molecule has 3 nitrogen and oxygen atoms in total. The van der Waals surface area contributed by atoms with E-state index in [0.717, 1.165) is 11.1 Å². The van der Waals surface area contributed by atoms with Gasteiger partial charge in [-0.1, -0.05) is 17.7 Å². The van der Waals surface area contributed by atoms with Gasteiger partial charge >= 0.3 is 0 Å². The van der Waals surface area contributed by atoms with Crippen molar-refractivity contribution >= 4 is 23.2 Å². The Morgan fingerprint density at radius 1 is 1.47 bits per heavy atom. The summed E-state index contributed by atoms with van der Waals surface area (Å²) in [5.74, 6) is -0.0557. The first-order valence-corrected chi connectivity index (χ1v) is 5.11. The lowest BCUT2D eigenvalue weighted by molar-refractivity contribution is -0.115. The summed E-state index contributed by atoms with van der Waals surface area (Å²) >= 11 is 6.02. The van der Waals surface area contributed by atoms with Crippen LogP contribution in [0.1, 0.15) is 25.0 Å². The number of carbonyl (C=O) groups excluding carboxylic acids is 1. The molecule has 4 heteroatoms. The third-order valence-corrected chi connectivity index (χ3v) is 2.79. The van der Waals surface area contributed by atoms with Gasteiger partial charge in [0.1, 0.15) is 0 Å². The maximum atomic E-state index is 11.2. The second kappa shape index (κ2) is 3.22. The quantitative estimate of drug-likeness (QED) is 0.769. The molecule has 80 valence electrons. The van der Waals surface area contributed by atoms with E-state index in [1.807, 2.05) is 6.07 Å². The third-order valence-electron chi connectivity index (χ3n) is 2.49. The molecular formula is C11H12ClNO2. The first-order valence-electron chi connectivity index (χ1n) is 4.73. The van der Waals surface area contributed by atoms with E-state index in [2.05, 4.69) is 5.32 Å². The molecule has 2 rings (SSSR count). The van der Waals surface area contributed by atoms with Gasteiger partial charge in [-0.2, -0.15) is 0 Å². The topological polar surface area (TPSA) is 49.3 Å². The predicted octanol–water partition coefficient (Wildman–Crippen LogP) is 2.06. The highest BCUT2D eigenvalue weighted by molar-refractivity contribution is 6.34. The summed E-state index contributed by atoms with van der Waals surface area (Å²) in [6.45, 7) is 3.38. The molecule has 1 aliphatic heterocycles. The van der Waals surface area contributed by atoms with E-state index in [-0.39, 0.29) is 5.91 Å². The van der Waals surface area contributed by atoms with Gasteiger partial charge in [0.05, 0.1) is 22.7 Å². The smallest absolute Gasteiger partial charge is 0.228 e. The van der Waals surface area contributed by atoms with E-state index in [1.165, 1.54) is 0 Å². The van der Waals surface area contributed by atoms with Crippen LogP contribution in [-0.4, -0.2) is 11.0 Å². The Hall–Kier alpha value is -1.06. The van der Waals surface area contributed by atoms with Crippen LogP contribution in [-0.2, 0) is 16.8 Å². The number of hydrogen-bond donors (Lipinski definition) is 2. The number of halogens is 1. The third kappa shape index (κ3) is 1.85. The summed E-state index contributed by atoms with van der Waals surface area (Å²) in [6.07, 6.45) is 0.332. The summed E-state index contributed by atoms with van der Waals surface area (Å²) in [5.41, 5.74) is 1.31. The molecule has 15 heavy (non-hydrogen) atoms. The normalized spacial score (nSPS) is 15.1. The Balaban J connectivity index is 2.54. The van der Waals surface area contributed by atoms with E-state index in [1.54, 1.807) is 19.9 Å². The molecule has 1 aromatic rings. The number of carbonyl (C=O) groups is 1. The number of anilines is 1. The van der Waals surface area contributed by atoms with Crippen LogP contribution >= 0.6 is 11.6 Å². The highest BCUT2D eigenvalue weighted by Gasteiger charge is 2.25. The SMILES string of the molecule is CC(C)(O)c1cc(Cl)c2c(c1)CC(=O)N2. The average molecular weight is 226 g/mol. The zero-order chi connectivity index (χ0) is 11.2. The van der Waals surface area contributed by atoms with E-state index >= 15 is 0 Å². The molecule has 0 fully saturated rings. The first kappa shape index (κ1) is 10.5. The van der Waals surface area contributed by atoms with Gasteiger partial charge in [0.15, 0.2) is 0 Å². The van der Waals surface area contributed by atoms with Crippen LogP contribution in [0.3, 0.4) is 0 Å². The molecule has 0 aliphatic carbocycles. The molecule has 2 N–H and O–H groups in total. The van der Waals surface area contributed by atoms with Crippen LogP contribution in [0.5, 0.6) is 0 Å². The zero-order valence-corrected chi connectivity index (χ0v) is 9.35. The van der Waals surface area contributed by atoms with E-state index < -0.39 is 5.60 Å². The fourth-order valence-corrected chi connectivity index (χ4v) is 1.94. The van der Waals surface area contributed by atoms with Crippen molar-refractivity contribution in [2.24, 2.45) is 0 Å². The Bertz CT molecular complexity index is 435. The van der Waals surface area contributed by atoms with Crippen LogP contribution in [0, 0.1) is 0 Å². The molecular weight excluding hydrogens is 214 g/mol. The van der Waals surface area contributed by atoms with E-state index in [4.69, 9.17) is 11.6 Å². The number of benzene rings is 1. The van der Waals surface area contributed by atoms with Crippen molar-refractivity contribution in [3.05, 3.63) is 28.3 Å². The molecule has 1 amide bonds. The van der Waals surface area contributed by atoms with Crippen molar-refractivity contribution < 1.29 is 9.90 Å². The lowest BCUT2D eigenvalue weighted by Crippen LogP contribution is -2.15. The monoisotopic (exact) mass is 225 g/mol. The first-order chi connectivity index (χ1) is 6.88. The Kier molecular flexibility index (Phi) is 2.24. The maximum absolute atomic E-state index is 11.2. The van der Waals surface area contributed by atoms with Crippen LogP contribution < -0.4 is 5.32 Å². The fourth-order valence-electron chi connectivity index (χ4n) is 1.65. The highest BCUT2D eigenvalue weighted by atomic mass is 35.5. The van der Waals surface area contributed by atoms with Crippen LogP contribution in [0.2, 0.25) is 5.02 Å². The van der Waals surface area contributed by atoms with E-state index in [0.29, 0.717) is 17.1 Å². The van der Waals surface area contributed by atoms with Crippen LogP contribution in [0.4, 0.5) is 5.69 Å². The Labute approximate surface area is 93.1 Å². The van der Waals surface area contributed by atoms with Crippen molar-refractivity contribution in [3.8, 4) is 0 Å². The molecule has 1 aliphatic rings. The summed E-state index contributed by atoms with van der Waals surface area (Å²) in [5, 5.41) is 13.0. The number of amides is 1. The minimum Gasteiger partial charge on any atom is -0.386 e. The standard InChI is InChI=1S/C11H12ClNO2/c1-11(2,15)7-3-6-4-9(14)13-10(6)8(12)5-7/h3,5,15H,4H2,1-2H3,(H,13,14). The highest BCUT2D eigenvalue weighted by Crippen LogP contribution is 2.35. The van der Waals surface area contributed by atoms with Gasteiger partial charge in [-0.25, -0.2) is 0 Å². The molecule has 0 atom stereocenters. The van der Waals surface area contributed by atoms with Gasteiger partial charge in [0.2, 0.25) is 5.91 Å². The molecule has 0 aromatic heterocycles. The molecule has 0 saturated carbocycles. The lowest BCUT2D eigenvalue weighted by atomic mass is 9.95. The Morgan fingerprint density at radius 2 is 2.13 bits per heavy atom. The van der Waals surface area contributed by atoms with Crippen molar-refractivity contribution in [1.29, 1.82) is 0 Å². The minimum atomic E-state index is -0.940. The molecule has 0 saturated heterocycles. The second-order valence-corrected chi connectivity index (χ2v) is 4.68. The second-order valence-electron chi connectivity index (χ2n) is 4.28. The van der Waals surface area contributed by atoms with Gasteiger partial charge in [-0.05, 0) is 31.0 Å². The number of aliphatic hydroxyl groups is 1. The molecule has 0 radical (unpaired) electrons. The fraction of sp³-hybridized carbons (Fsp3) is 0.364. The summed E-state index contributed by atoms with van der Waals surface area (Å²) < 4.78 is 0. The van der Waals surface area contributed by atoms with Gasteiger partial charge < -0.3 is 10.4 Å². The van der Waals surface area contributed by atoms with Gasteiger partial charge in [0, 0.05) is 0 Å². The van der Waals surface area contributed by atoms with Gasteiger partial charge in [-0.3, -0.25) is 4.79 Å². The Morgan fingerprint density at radius 3 is 2.73 bits per heavy atom. The minimum absolute atomic E-state index is 0.0557. The molecule has 1 aromatic carbocycles. The number of rotatable bonds is 1. The van der Waals surface area contributed by atoms with Crippen LogP contribution in [0.15, 0.2) is 12.1 Å².